The molecule has 1 fully saturated rings. The van der Waals surface area contributed by atoms with Gasteiger partial charge in [0.2, 0.25) is 0 Å². The maximum atomic E-state index is 5.73. The van der Waals surface area contributed by atoms with Crippen LogP contribution in [0.4, 0.5) is 0 Å². The highest BCUT2D eigenvalue weighted by Gasteiger charge is 2.12. The molecule has 14 heavy (non-hydrogen) atoms. The lowest BCUT2D eigenvalue weighted by atomic mass is 10.1. The minimum absolute atomic E-state index is 0.842. The first-order chi connectivity index (χ1) is 6.84. The summed E-state index contributed by atoms with van der Waals surface area (Å²) in [5, 5.41) is 2.05. The van der Waals surface area contributed by atoms with E-state index in [4.69, 9.17) is 17.1 Å². The van der Waals surface area contributed by atoms with Crippen molar-refractivity contribution in [1.29, 1.82) is 0 Å². The molecule has 3 heteroatoms. The van der Waals surface area contributed by atoms with Gasteiger partial charge in [0.15, 0.2) is 0 Å². The number of piperidine rings is 1. The van der Waals surface area contributed by atoms with Crippen molar-refractivity contribution in [3.05, 3.63) is 24.0 Å². The van der Waals surface area contributed by atoms with Crippen LogP contribution in [0.15, 0.2) is 24.0 Å². The average Bonchev–Trinajstić information content (AvgIpc) is 2.23. The van der Waals surface area contributed by atoms with E-state index in [9.17, 15) is 0 Å². The van der Waals surface area contributed by atoms with E-state index in [0.29, 0.717) is 0 Å². The van der Waals surface area contributed by atoms with E-state index in [1.165, 1.54) is 19.3 Å². The smallest absolute Gasteiger partial charge is 0.143 e. The summed E-state index contributed by atoms with van der Waals surface area (Å²) >= 11 is 5.06. The third-order valence-corrected chi connectivity index (χ3v) is 2.79. The number of hydrogen-bond donors (Lipinski definition) is 0. The lowest BCUT2D eigenvalue weighted by Gasteiger charge is -2.27. The van der Waals surface area contributed by atoms with Crippen molar-refractivity contribution in [2.45, 2.75) is 25.7 Å². The molecule has 1 heterocycles. The Kier molecular flexibility index (Phi) is 3.32. The number of allylic oxidation sites excluding steroid dienone is 3. The van der Waals surface area contributed by atoms with Gasteiger partial charge in [-0.3, -0.25) is 0 Å². The van der Waals surface area contributed by atoms with Gasteiger partial charge in [-0.1, -0.05) is 18.6 Å². The van der Waals surface area contributed by atoms with Crippen LogP contribution in [0.2, 0.25) is 0 Å². The minimum atomic E-state index is 0.842. The molecule has 0 atom stereocenters. The average molecular weight is 209 g/mol. The van der Waals surface area contributed by atoms with Crippen molar-refractivity contribution in [3.63, 3.8) is 0 Å². The Morgan fingerprint density at radius 2 is 1.93 bits per heavy atom. The second-order valence-electron chi connectivity index (χ2n) is 3.69. The van der Waals surface area contributed by atoms with E-state index in [0.717, 1.165) is 30.1 Å². The molecule has 2 nitrogen and oxygen atoms in total. The summed E-state index contributed by atoms with van der Waals surface area (Å²) in [6.07, 6.45) is 10.6. The maximum absolute atomic E-state index is 5.73. The Morgan fingerprint density at radius 1 is 1.14 bits per heavy atom. The Bertz CT molecular complexity index is 277. The molecule has 0 saturated carbocycles. The van der Waals surface area contributed by atoms with Crippen molar-refractivity contribution in [3.8, 4) is 0 Å². The lowest BCUT2D eigenvalue weighted by molar-refractivity contribution is -0.126. The molecule has 76 valence electrons. The second kappa shape index (κ2) is 4.71. The van der Waals surface area contributed by atoms with Crippen LogP contribution in [0.1, 0.15) is 25.7 Å². The van der Waals surface area contributed by atoms with E-state index < -0.39 is 0 Å². The fraction of sp³-hybridized carbons (Fsp3) is 0.545. The van der Waals surface area contributed by atoms with Crippen molar-refractivity contribution in [2.75, 3.05) is 13.1 Å². The van der Waals surface area contributed by atoms with Crippen LogP contribution in [-0.2, 0) is 4.84 Å². The fourth-order valence-electron chi connectivity index (χ4n) is 1.69. The van der Waals surface area contributed by atoms with Crippen molar-refractivity contribution in [2.24, 2.45) is 0 Å². The summed E-state index contributed by atoms with van der Waals surface area (Å²) < 4.78 is 0. The normalized spacial score (nSPS) is 23.4. The fourth-order valence-corrected chi connectivity index (χ4v) is 1.84. The Labute approximate surface area is 90.2 Å². The van der Waals surface area contributed by atoms with Gasteiger partial charge in [0.1, 0.15) is 5.76 Å². The van der Waals surface area contributed by atoms with Crippen LogP contribution < -0.4 is 0 Å². The highest BCUT2D eigenvalue weighted by molar-refractivity contribution is 7.80. The first-order valence-corrected chi connectivity index (χ1v) is 5.59. The third kappa shape index (κ3) is 2.66. The maximum Gasteiger partial charge on any atom is 0.143 e. The van der Waals surface area contributed by atoms with Crippen molar-refractivity contribution in [1.82, 2.24) is 5.06 Å². The summed E-state index contributed by atoms with van der Waals surface area (Å²) in [7, 11) is 0. The zero-order chi connectivity index (χ0) is 9.80. The van der Waals surface area contributed by atoms with Crippen molar-refractivity contribution < 1.29 is 4.84 Å². The van der Waals surface area contributed by atoms with Crippen LogP contribution in [0.3, 0.4) is 0 Å². The predicted molar refractivity (Wildman–Crippen MR) is 60.9 cm³/mol. The van der Waals surface area contributed by atoms with E-state index in [1.54, 1.807) is 0 Å². The third-order valence-electron chi connectivity index (χ3n) is 2.49. The van der Waals surface area contributed by atoms with Crippen molar-refractivity contribution >= 4 is 17.1 Å². The Morgan fingerprint density at radius 3 is 2.57 bits per heavy atom. The molecular formula is C11H15NOS. The second-order valence-corrected chi connectivity index (χ2v) is 4.22. The molecule has 2 aliphatic rings. The predicted octanol–water partition coefficient (Wildman–Crippen LogP) is 2.62. The summed E-state index contributed by atoms with van der Waals surface area (Å²) in [4.78, 5) is 6.71. The Hall–Kier alpha value is -0.670. The molecule has 0 unspecified atom stereocenters. The quantitative estimate of drug-likeness (QED) is 0.649. The SMILES string of the molecule is S=C1C=CC(ON2CCCCC2)=CC1. The van der Waals surface area contributed by atoms with Gasteiger partial charge in [0.05, 0.1) is 0 Å². The number of rotatable bonds is 2. The molecular weight excluding hydrogens is 194 g/mol. The zero-order valence-corrected chi connectivity index (χ0v) is 9.05. The standard InChI is InChI=1S/C11H15NOS/c14-11-6-4-10(5-7-11)13-12-8-2-1-3-9-12/h4-6H,1-3,7-9H2. The molecule has 2 rings (SSSR count). The summed E-state index contributed by atoms with van der Waals surface area (Å²) in [6, 6.07) is 0. The highest BCUT2D eigenvalue weighted by atomic mass is 32.1. The van der Waals surface area contributed by atoms with Crippen LogP contribution in [0.5, 0.6) is 0 Å². The van der Waals surface area contributed by atoms with E-state index in [2.05, 4.69) is 6.08 Å². The molecule has 0 spiro atoms. The first-order valence-electron chi connectivity index (χ1n) is 5.18. The van der Waals surface area contributed by atoms with Crippen LogP contribution >= 0.6 is 12.2 Å². The minimum Gasteiger partial charge on any atom is -0.406 e. The molecule has 0 N–H and O–H groups in total. The van der Waals surface area contributed by atoms with Gasteiger partial charge >= 0.3 is 0 Å². The van der Waals surface area contributed by atoms with Gasteiger partial charge in [-0.25, -0.2) is 0 Å². The summed E-state index contributed by atoms with van der Waals surface area (Å²) in [5.74, 6) is 0.945. The van der Waals surface area contributed by atoms with Crippen LogP contribution in [-0.4, -0.2) is 23.0 Å². The molecule has 0 amide bonds. The number of nitrogens with zero attached hydrogens (tertiary/aromatic N) is 1. The number of hydroxylamine groups is 2. The van der Waals surface area contributed by atoms with Gasteiger partial charge in [-0.2, -0.15) is 0 Å². The van der Waals surface area contributed by atoms with E-state index in [-0.39, 0.29) is 0 Å². The summed E-state index contributed by atoms with van der Waals surface area (Å²) in [5.41, 5.74) is 0. The van der Waals surface area contributed by atoms with Gasteiger partial charge < -0.3 is 4.84 Å². The summed E-state index contributed by atoms with van der Waals surface area (Å²) in [6.45, 7) is 2.10. The largest absolute Gasteiger partial charge is 0.406 e. The molecule has 1 saturated heterocycles. The number of hydrogen-bond acceptors (Lipinski definition) is 3. The van der Waals surface area contributed by atoms with Gasteiger partial charge in [0, 0.05) is 24.4 Å². The van der Waals surface area contributed by atoms with Crippen LogP contribution in [0.25, 0.3) is 0 Å². The van der Waals surface area contributed by atoms with Gasteiger partial charge in [0.25, 0.3) is 0 Å². The monoisotopic (exact) mass is 209 g/mol. The van der Waals surface area contributed by atoms with Crippen LogP contribution in [0, 0.1) is 0 Å². The molecule has 0 bridgehead atoms. The van der Waals surface area contributed by atoms with E-state index >= 15 is 0 Å². The molecule has 1 aliphatic carbocycles. The van der Waals surface area contributed by atoms with Gasteiger partial charge in [-0.05, 0) is 31.1 Å². The topological polar surface area (TPSA) is 12.5 Å². The van der Waals surface area contributed by atoms with Gasteiger partial charge in [-0.15, -0.1) is 5.06 Å². The molecule has 0 radical (unpaired) electrons. The molecule has 0 aromatic carbocycles. The van der Waals surface area contributed by atoms with E-state index in [1.807, 2.05) is 17.2 Å². The molecule has 0 aromatic rings. The Balaban J connectivity index is 1.85. The lowest BCUT2D eigenvalue weighted by Crippen LogP contribution is -2.29. The molecule has 0 aromatic heterocycles. The zero-order valence-electron chi connectivity index (χ0n) is 8.24. The number of thiocarbonyl (C=S) groups is 1. The first kappa shape index (κ1) is 9.87. The highest BCUT2D eigenvalue weighted by Crippen LogP contribution is 2.15. The molecule has 1 aliphatic heterocycles.